The molecule has 0 radical (unpaired) electrons. The molecule has 1 fully saturated rings. The van der Waals surface area contributed by atoms with Crippen LogP contribution in [0.25, 0.3) is 11.7 Å². The van der Waals surface area contributed by atoms with Crippen LogP contribution in [-0.4, -0.2) is 23.0 Å². The van der Waals surface area contributed by atoms with Crippen LogP contribution in [0.3, 0.4) is 0 Å². The summed E-state index contributed by atoms with van der Waals surface area (Å²) >= 11 is 0. The minimum Gasteiger partial charge on any atom is -0.459 e. The predicted molar refractivity (Wildman–Crippen MR) is 91.0 cm³/mol. The van der Waals surface area contributed by atoms with Gasteiger partial charge in [-0.25, -0.2) is 4.98 Å². The summed E-state index contributed by atoms with van der Waals surface area (Å²) in [7, 11) is 0. The second kappa shape index (κ2) is 6.52. The second-order valence-corrected chi connectivity index (χ2v) is 7.77. The molecule has 0 aromatic carbocycles. The number of hydrogen-bond donors (Lipinski definition) is 0. The molecule has 1 atom stereocenters. The first-order chi connectivity index (χ1) is 10.9. The minimum atomic E-state index is 0.409. The Bertz CT molecular complexity index is 622. The third-order valence-corrected chi connectivity index (χ3v) is 5.04. The van der Waals surface area contributed by atoms with Gasteiger partial charge in [0.15, 0.2) is 5.76 Å². The summed E-state index contributed by atoms with van der Waals surface area (Å²) in [5.41, 5.74) is 1.44. The first-order valence-electron chi connectivity index (χ1n) is 8.66. The third kappa shape index (κ3) is 3.86. The molecule has 1 aliphatic rings. The van der Waals surface area contributed by atoms with E-state index in [1.54, 1.807) is 6.26 Å². The highest BCUT2D eigenvalue weighted by atomic mass is 16.4. The zero-order valence-corrected chi connectivity index (χ0v) is 14.8. The van der Waals surface area contributed by atoms with Gasteiger partial charge in [-0.05, 0) is 62.7 Å². The lowest BCUT2D eigenvalue weighted by Crippen LogP contribution is -2.26. The van der Waals surface area contributed by atoms with E-state index in [-0.39, 0.29) is 0 Å². The zero-order valence-electron chi connectivity index (χ0n) is 14.8. The van der Waals surface area contributed by atoms with Gasteiger partial charge in [0.2, 0.25) is 0 Å². The van der Waals surface area contributed by atoms with Crippen molar-refractivity contribution in [1.29, 1.82) is 0 Å². The number of likely N-dealkylation sites (tertiary alicyclic amines) is 1. The lowest BCUT2D eigenvalue weighted by atomic mass is 9.77. The van der Waals surface area contributed by atoms with Gasteiger partial charge in [-0.2, -0.15) is 0 Å². The summed E-state index contributed by atoms with van der Waals surface area (Å²) in [6.45, 7) is 12.2. The maximum Gasteiger partial charge on any atom is 0.263 e. The fourth-order valence-electron chi connectivity index (χ4n) is 3.47. The Balaban J connectivity index is 1.66. The predicted octanol–water partition coefficient (Wildman–Crippen LogP) is 4.89. The fourth-order valence-corrected chi connectivity index (χ4v) is 3.47. The van der Waals surface area contributed by atoms with E-state index in [1.807, 2.05) is 19.1 Å². The number of rotatable bonds is 3. The zero-order chi connectivity index (χ0) is 16.4. The lowest BCUT2D eigenvalue weighted by molar-refractivity contribution is 0.206. The standard InChI is InChI=1S/C19H28N2O2/c1-14-16(20-18(23-14)17-8-6-12-22-17)13-21-10-5-7-15(9-11-21)19(2,3)4/h6,8,12,15H,5,7,9-11,13H2,1-4H3. The average molecular weight is 316 g/mol. The van der Waals surface area contributed by atoms with Crippen molar-refractivity contribution in [2.75, 3.05) is 13.1 Å². The highest BCUT2D eigenvalue weighted by Crippen LogP contribution is 2.34. The van der Waals surface area contributed by atoms with E-state index in [0.717, 1.165) is 37.0 Å². The maximum atomic E-state index is 5.78. The SMILES string of the molecule is Cc1oc(-c2ccco2)nc1CN1CCCC(C(C)(C)C)CC1. The summed E-state index contributed by atoms with van der Waals surface area (Å²) in [6.07, 6.45) is 5.51. The Morgan fingerprint density at radius 1 is 1.26 bits per heavy atom. The maximum absolute atomic E-state index is 5.78. The Morgan fingerprint density at radius 2 is 2.09 bits per heavy atom. The molecule has 126 valence electrons. The second-order valence-electron chi connectivity index (χ2n) is 7.77. The summed E-state index contributed by atoms with van der Waals surface area (Å²) in [5.74, 6) is 2.99. The van der Waals surface area contributed by atoms with Gasteiger partial charge in [0.05, 0.1) is 12.0 Å². The normalized spacial score (nSPS) is 20.6. The number of nitrogens with zero attached hydrogens (tertiary/aromatic N) is 2. The number of hydrogen-bond acceptors (Lipinski definition) is 4. The fraction of sp³-hybridized carbons (Fsp3) is 0.632. The van der Waals surface area contributed by atoms with Gasteiger partial charge in [0.1, 0.15) is 5.76 Å². The monoisotopic (exact) mass is 316 g/mol. The summed E-state index contributed by atoms with van der Waals surface area (Å²) < 4.78 is 11.2. The Labute approximate surface area is 138 Å². The average Bonchev–Trinajstić information content (AvgIpc) is 3.04. The van der Waals surface area contributed by atoms with Gasteiger partial charge in [-0.15, -0.1) is 0 Å². The molecule has 3 heterocycles. The molecule has 2 aromatic heterocycles. The smallest absolute Gasteiger partial charge is 0.263 e. The van der Waals surface area contributed by atoms with Crippen LogP contribution in [-0.2, 0) is 6.54 Å². The minimum absolute atomic E-state index is 0.409. The van der Waals surface area contributed by atoms with Gasteiger partial charge in [-0.1, -0.05) is 20.8 Å². The summed E-state index contributed by atoms with van der Waals surface area (Å²) in [5, 5.41) is 0. The van der Waals surface area contributed by atoms with E-state index < -0.39 is 0 Å². The van der Waals surface area contributed by atoms with Gasteiger partial charge in [0, 0.05) is 6.54 Å². The molecule has 0 spiro atoms. The number of aryl methyl sites for hydroxylation is 1. The van der Waals surface area contributed by atoms with Crippen LogP contribution in [0, 0.1) is 18.3 Å². The molecule has 3 rings (SSSR count). The van der Waals surface area contributed by atoms with Crippen LogP contribution in [0.4, 0.5) is 0 Å². The van der Waals surface area contributed by atoms with Crippen molar-refractivity contribution >= 4 is 0 Å². The van der Waals surface area contributed by atoms with Gasteiger partial charge >= 0.3 is 0 Å². The molecule has 0 saturated carbocycles. The van der Waals surface area contributed by atoms with Crippen LogP contribution in [0.15, 0.2) is 27.2 Å². The van der Waals surface area contributed by atoms with Gasteiger partial charge in [0.25, 0.3) is 5.89 Å². The topological polar surface area (TPSA) is 42.4 Å². The van der Waals surface area contributed by atoms with Crippen molar-refractivity contribution in [2.45, 2.75) is 53.5 Å². The van der Waals surface area contributed by atoms with Crippen LogP contribution in [0.2, 0.25) is 0 Å². The van der Waals surface area contributed by atoms with Gasteiger partial charge in [-0.3, -0.25) is 4.90 Å². The largest absolute Gasteiger partial charge is 0.459 e. The highest BCUT2D eigenvalue weighted by Gasteiger charge is 2.27. The molecule has 0 aliphatic carbocycles. The van der Waals surface area contributed by atoms with Crippen molar-refractivity contribution in [2.24, 2.45) is 11.3 Å². The summed E-state index contributed by atoms with van der Waals surface area (Å²) in [6, 6.07) is 3.74. The molecule has 2 aromatic rings. The van der Waals surface area contributed by atoms with Crippen molar-refractivity contribution in [3.05, 3.63) is 29.9 Å². The van der Waals surface area contributed by atoms with E-state index in [4.69, 9.17) is 8.83 Å². The van der Waals surface area contributed by atoms with Crippen molar-refractivity contribution < 1.29 is 8.83 Å². The number of furan rings is 1. The molecule has 0 N–H and O–H groups in total. The van der Waals surface area contributed by atoms with Crippen LogP contribution in [0.5, 0.6) is 0 Å². The molecule has 1 aliphatic heterocycles. The highest BCUT2D eigenvalue weighted by molar-refractivity contribution is 5.44. The van der Waals surface area contributed by atoms with Crippen molar-refractivity contribution in [3.63, 3.8) is 0 Å². The summed E-state index contributed by atoms with van der Waals surface area (Å²) in [4.78, 5) is 7.16. The molecule has 1 unspecified atom stereocenters. The third-order valence-electron chi connectivity index (χ3n) is 5.04. The molecule has 0 amide bonds. The molecular weight excluding hydrogens is 288 g/mol. The Morgan fingerprint density at radius 3 is 2.78 bits per heavy atom. The molecule has 23 heavy (non-hydrogen) atoms. The molecule has 4 heteroatoms. The quantitative estimate of drug-likeness (QED) is 0.808. The van der Waals surface area contributed by atoms with Crippen LogP contribution < -0.4 is 0 Å². The van der Waals surface area contributed by atoms with Gasteiger partial charge < -0.3 is 8.83 Å². The molecule has 0 bridgehead atoms. The van der Waals surface area contributed by atoms with E-state index in [1.165, 1.54) is 19.3 Å². The lowest BCUT2D eigenvalue weighted by Gasteiger charge is -2.29. The van der Waals surface area contributed by atoms with E-state index in [0.29, 0.717) is 17.1 Å². The number of oxazole rings is 1. The Hall–Kier alpha value is -1.55. The first-order valence-corrected chi connectivity index (χ1v) is 8.66. The van der Waals surface area contributed by atoms with E-state index in [2.05, 4.69) is 30.7 Å². The first kappa shape index (κ1) is 16.3. The van der Waals surface area contributed by atoms with Crippen molar-refractivity contribution in [1.82, 2.24) is 9.88 Å². The molecule has 4 nitrogen and oxygen atoms in total. The number of aromatic nitrogens is 1. The Kier molecular flexibility index (Phi) is 4.62. The van der Waals surface area contributed by atoms with Crippen LogP contribution >= 0.6 is 0 Å². The van der Waals surface area contributed by atoms with Crippen LogP contribution in [0.1, 0.15) is 51.5 Å². The molecule has 1 saturated heterocycles. The molecular formula is C19H28N2O2. The van der Waals surface area contributed by atoms with Crippen molar-refractivity contribution in [3.8, 4) is 11.7 Å². The van der Waals surface area contributed by atoms with E-state index in [9.17, 15) is 0 Å². The van der Waals surface area contributed by atoms with E-state index >= 15 is 0 Å².